The number of hydrogen-bond acceptors (Lipinski definition) is 1. The smallest absolute Gasteiger partial charge is 0.144 e. The van der Waals surface area contributed by atoms with Gasteiger partial charge in [0.15, 0.2) is 0 Å². The average molecular weight is 535 g/mol. The molecule has 170 valence electrons. The molecule has 0 spiro atoms. The van der Waals surface area contributed by atoms with Crippen LogP contribution in [0, 0.1) is 0 Å². The third kappa shape index (κ3) is 4.12. The SMILES string of the molecule is [Br-].c1ccc([P+](c2ccccc2)(c2ccccc2)c2ccc(-c3nc4ccccc4[nH]3)cc2)cc1. The van der Waals surface area contributed by atoms with Crippen LogP contribution in [0.5, 0.6) is 0 Å². The fourth-order valence-electron chi connectivity index (χ4n) is 4.78. The summed E-state index contributed by atoms with van der Waals surface area (Å²) >= 11 is 0. The quantitative estimate of drug-likeness (QED) is 0.338. The van der Waals surface area contributed by atoms with Crippen LogP contribution in [-0.2, 0) is 0 Å². The molecule has 0 bridgehead atoms. The number of aromatic amines is 1. The van der Waals surface area contributed by atoms with E-state index in [2.05, 4.69) is 126 Å². The summed E-state index contributed by atoms with van der Waals surface area (Å²) < 4.78 is 0. The molecule has 0 atom stereocenters. The van der Waals surface area contributed by atoms with Crippen LogP contribution in [0.2, 0.25) is 0 Å². The molecule has 0 saturated heterocycles. The zero-order valence-electron chi connectivity index (χ0n) is 19.1. The van der Waals surface area contributed by atoms with Crippen LogP contribution in [0.4, 0.5) is 0 Å². The van der Waals surface area contributed by atoms with E-state index in [1.165, 1.54) is 21.2 Å². The van der Waals surface area contributed by atoms with E-state index in [0.29, 0.717) is 0 Å². The Morgan fingerprint density at radius 1 is 0.457 bits per heavy atom. The van der Waals surface area contributed by atoms with Crippen LogP contribution in [0.25, 0.3) is 22.4 Å². The maximum Gasteiger partial charge on any atom is 0.144 e. The number of imidazole rings is 1. The molecule has 1 N–H and O–H groups in total. The molecule has 0 aliphatic rings. The van der Waals surface area contributed by atoms with Gasteiger partial charge in [0.1, 0.15) is 34.3 Å². The van der Waals surface area contributed by atoms with Crippen LogP contribution in [-0.4, -0.2) is 9.97 Å². The summed E-state index contributed by atoms with van der Waals surface area (Å²) in [5, 5.41) is 5.38. The van der Waals surface area contributed by atoms with Gasteiger partial charge in [0.2, 0.25) is 0 Å². The number of hydrogen-bond donors (Lipinski definition) is 1. The minimum atomic E-state index is -2.08. The highest BCUT2D eigenvalue weighted by molar-refractivity contribution is 8.01. The van der Waals surface area contributed by atoms with Gasteiger partial charge in [-0.25, -0.2) is 4.98 Å². The van der Waals surface area contributed by atoms with E-state index < -0.39 is 7.26 Å². The maximum absolute atomic E-state index is 4.80. The molecule has 0 unspecified atom stereocenters. The minimum Gasteiger partial charge on any atom is -1.00 e. The molecule has 0 radical (unpaired) electrons. The van der Waals surface area contributed by atoms with Crippen molar-refractivity contribution in [3.8, 4) is 11.4 Å². The second-order valence-electron chi connectivity index (χ2n) is 8.33. The number of nitrogens with zero attached hydrogens (tertiary/aromatic N) is 1. The van der Waals surface area contributed by atoms with Crippen molar-refractivity contribution in [3.05, 3.63) is 140 Å². The summed E-state index contributed by atoms with van der Waals surface area (Å²) in [7, 11) is -2.08. The highest BCUT2D eigenvalue weighted by atomic mass is 79.9. The Kier molecular flexibility index (Phi) is 6.63. The van der Waals surface area contributed by atoms with Gasteiger partial charge in [0, 0.05) is 5.56 Å². The maximum atomic E-state index is 4.80. The molecule has 35 heavy (non-hydrogen) atoms. The van der Waals surface area contributed by atoms with Crippen LogP contribution in [0.3, 0.4) is 0 Å². The predicted octanol–water partition coefficient (Wildman–Crippen LogP) is 2.85. The number of H-pyrrole nitrogens is 1. The zero-order valence-corrected chi connectivity index (χ0v) is 21.5. The van der Waals surface area contributed by atoms with Gasteiger partial charge in [-0.2, -0.15) is 0 Å². The number of rotatable bonds is 5. The average Bonchev–Trinajstić information content (AvgIpc) is 3.36. The first-order chi connectivity index (χ1) is 16.9. The molecule has 0 fully saturated rings. The standard InChI is InChI=1S/C31H24N2P.BrH/c1-4-12-25(13-5-1)34(26-14-6-2-7-15-26,27-16-8-3-9-17-27)28-22-20-24(21-23-28)31-32-29-18-10-11-19-30(29)33-31;/h1-23H,(H,32,33);1H/q+1;/p-1. The topological polar surface area (TPSA) is 28.7 Å². The number of nitrogens with one attached hydrogen (secondary N) is 1. The van der Waals surface area contributed by atoms with Gasteiger partial charge in [-0.15, -0.1) is 0 Å². The Balaban J connectivity index is 0.00000253. The number of aromatic nitrogens is 2. The Labute approximate surface area is 216 Å². The lowest BCUT2D eigenvalue weighted by Crippen LogP contribution is -3.00. The van der Waals surface area contributed by atoms with Crippen molar-refractivity contribution in [1.82, 2.24) is 9.97 Å². The van der Waals surface area contributed by atoms with E-state index in [9.17, 15) is 0 Å². The van der Waals surface area contributed by atoms with E-state index >= 15 is 0 Å². The summed E-state index contributed by atoms with van der Waals surface area (Å²) in [6.45, 7) is 0. The molecular weight excluding hydrogens is 511 g/mol. The number of para-hydroxylation sites is 2. The lowest BCUT2D eigenvalue weighted by molar-refractivity contribution is -0.00000657. The third-order valence-corrected chi connectivity index (χ3v) is 10.6. The monoisotopic (exact) mass is 534 g/mol. The van der Waals surface area contributed by atoms with Gasteiger partial charge < -0.3 is 22.0 Å². The largest absolute Gasteiger partial charge is 1.00 e. The van der Waals surface area contributed by atoms with E-state index in [4.69, 9.17) is 4.98 Å². The highest BCUT2D eigenvalue weighted by Crippen LogP contribution is 2.54. The summed E-state index contributed by atoms with van der Waals surface area (Å²) in [4.78, 5) is 8.27. The number of halogens is 1. The van der Waals surface area contributed by atoms with Crippen molar-refractivity contribution in [1.29, 1.82) is 0 Å². The highest BCUT2D eigenvalue weighted by Gasteiger charge is 2.47. The van der Waals surface area contributed by atoms with Gasteiger partial charge >= 0.3 is 0 Å². The van der Waals surface area contributed by atoms with Gasteiger partial charge in [-0.1, -0.05) is 66.7 Å². The minimum absolute atomic E-state index is 0. The van der Waals surface area contributed by atoms with Gasteiger partial charge in [-0.3, -0.25) is 0 Å². The first-order valence-electron chi connectivity index (χ1n) is 11.5. The molecule has 0 aliphatic carbocycles. The first-order valence-corrected chi connectivity index (χ1v) is 13.3. The molecular formula is C31H24BrN2P. The van der Waals surface area contributed by atoms with Crippen molar-refractivity contribution in [2.45, 2.75) is 0 Å². The lowest BCUT2D eigenvalue weighted by atomic mass is 10.2. The molecule has 0 aliphatic heterocycles. The molecule has 6 rings (SSSR count). The van der Waals surface area contributed by atoms with Crippen LogP contribution in [0.1, 0.15) is 0 Å². The molecule has 5 aromatic carbocycles. The molecule has 6 aromatic rings. The van der Waals surface area contributed by atoms with Crippen LogP contribution in [0.15, 0.2) is 140 Å². The molecule has 1 aromatic heterocycles. The molecule has 0 amide bonds. The van der Waals surface area contributed by atoms with Gasteiger partial charge in [0.05, 0.1) is 11.0 Å². The van der Waals surface area contributed by atoms with E-state index in [-0.39, 0.29) is 17.0 Å². The normalized spacial score (nSPS) is 11.2. The molecule has 1 heterocycles. The Morgan fingerprint density at radius 3 is 1.37 bits per heavy atom. The Hall–Kier alpha value is -3.52. The van der Waals surface area contributed by atoms with E-state index in [1.54, 1.807) is 0 Å². The van der Waals surface area contributed by atoms with Crippen molar-refractivity contribution in [2.24, 2.45) is 0 Å². The third-order valence-electron chi connectivity index (χ3n) is 6.35. The van der Waals surface area contributed by atoms with E-state index in [0.717, 1.165) is 22.4 Å². The van der Waals surface area contributed by atoms with Gasteiger partial charge in [0.25, 0.3) is 0 Å². The second kappa shape index (κ2) is 10.00. The van der Waals surface area contributed by atoms with Crippen molar-refractivity contribution in [2.75, 3.05) is 0 Å². The number of fused-ring (bicyclic) bond motifs is 1. The lowest BCUT2D eigenvalue weighted by Gasteiger charge is -2.27. The predicted molar refractivity (Wildman–Crippen MR) is 146 cm³/mol. The summed E-state index contributed by atoms with van der Waals surface area (Å²) in [6.07, 6.45) is 0. The second-order valence-corrected chi connectivity index (χ2v) is 11.7. The summed E-state index contributed by atoms with van der Waals surface area (Å²) in [6, 6.07) is 50.0. The summed E-state index contributed by atoms with van der Waals surface area (Å²) in [5.41, 5.74) is 3.13. The number of benzene rings is 5. The Morgan fingerprint density at radius 2 is 0.886 bits per heavy atom. The van der Waals surface area contributed by atoms with Crippen LogP contribution < -0.4 is 38.2 Å². The fourth-order valence-corrected chi connectivity index (χ4v) is 9.02. The molecule has 2 nitrogen and oxygen atoms in total. The van der Waals surface area contributed by atoms with Crippen molar-refractivity contribution in [3.63, 3.8) is 0 Å². The fraction of sp³-hybridized carbons (Fsp3) is 0. The zero-order chi connectivity index (χ0) is 22.8. The van der Waals surface area contributed by atoms with Gasteiger partial charge in [-0.05, 0) is 72.8 Å². The van der Waals surface area contributed by atoms with E-state index in [1.807, 2.05) is 18.2 Å². The van der Waals surface area contributed by atoms with Crippen molar-refractivity contribution >= 4 is 39.5 Å². The first kappa shape index (κ1) is 23.2. The van der Waals surface area contributed by atoms with Crippen LogP contribution >= 0.6 is 7.26 Å². The van der Waals surface area contributed by atoms with Crippen molar-refractivity contribution < 1.29 is 17.0 Å². The summed E-state index contributed by atoms with van der Waals surface area (Å²) in [5.74, 6) is 0.899. The molecule has 4 heteroatoms. The Bertz CT molecular complexity index is 1400. The molecule has 0 saturated carbocycles.